The van der Waals surface area contributed by atoms with Gasteiger partial charge in [0.05, 0.1) is 0 Å². The van der Waals surface area contributed by atoms with Crippen LogP contribution in [-0.4, -0.2) is 22.7 Å². The fourth-order valence-corrected chi connectivity index (χ4v) is 6.61. The van der Waals surface area contributed by atoms with Gasteiger partial charge in [-0.25, -0.2) is 0 Å². The Labute approximate surface area is 176 Å². The quantitative estimate of drug-likeness (QED) is 0.496. The van der Waals surface area contributed by atoms with E-state index in [1.165, 1.54) is 5.56 Å². The Balaban J connectivity index is 1.57. The van der Waals surface area contributed by atoms with E-state index in [0.29, 0.717) is 34.5 Å². The van der Waals surface area contributed by atoms with Gasteiger partial charge in [-0.15, -0.1) is 4.83 Å². The lowest BCUT2D eigenvalue weighted by Crippen LogP contribution is -2.25. The highest BCUT2D eigenvalue weighted by molar-refractivity contribution is 7.69. The van der Waals surface area contributed by atoms with Crippen molar-refractivity contribution in [1.29, 1.82) is 0 Å². The van der Waals surface area contributed by atoms with Gasteiger partial charge in [-0.1, -0.05) is 41.9 Å². The summed E-state index contributed by atoms with van der Waals surface area (Å²) in [5.74, 6) is 1.47. The molecule has 150 valence electrons. The molecule has 2 atom stereocenters. The Morgan fingerprint density at radius 1 is 0.931 bits per heavy atom. The van der Waals surface area contributed by atoms with Crippen molar-refractivity contribution >= 4 is 24.2 Å². The van der Waals surface area contributed by atoms with Gasteiger partial charge in [0.1, 0.15) is 11.5 Å². The third kappa shape index (κ3) is 4.57. The summed E-state index contributed by atoms with van der Waals surface area (Å²) in [6.45, 7) is 0.406. The van der Waals surface area contributed by atoms with E-state index in [-0.39, 0.29) is 5.92 Å². The molecule has 1 aliphatic heterocycles. The lowest BCUT2D eigenvalue weighted by molar-refractivity contribution is 0.00253. The van der Waals surface area contributed by atoms with E-state index in [9.17, 15) is 9.77 Å². The Hall–Kier alpha value is -2.10. The second-order valence-corrected chi connectivity index (χ2v) is 10.5. The molecule has 1 saturated heterocycles. The Kier molecular flexibility index (Phi) is 6.07. The minimum atomic E-state index is -3.11. The second kappa shape index (κ2) is 8.73. The number of nitrogens with zero attached hydrogens (tertiary/aromatic N) is 1. The van der Waals surface area contributed by atoms with Crippen molar-refractivity contribution in [2.45, 2.75) is 18.8 Å². The molecule has 0 aromatic heterocycles. The standard InChI is InChI=1S/C23H23ClNO3P/c24-20-8-10-21(11-9-20)28-22-12-14-23(15-13-22)29(27)17-19(7-4-16-25(29)26)18-5-2-1-3-6-18/h1-3,5-6,8-15,19,26H,4,7,16-17H2. The van der Waals surface area contributed by atoms with Gasteiger partial charge >= 0.3 is 0 Å². The minimum absolute atomic E-state index is 0.157. The van der Waals surface area contributed by atoms with Gasteiger partial charge in [0.25, 0.3) is 0 Å². The van der Waals surface area contributed by atoms with Gasteiger partial charge in [-0.05, 0) is 72.9 Å². The van der Waals surface area contributed by atoms with Crippen molar-refractivity contribution in [3.63, 3.8) is 0 Å². The van der Waals surface area contributed by atoms with Crippen LogP contribution in [0.3, 0.4) is 0 Å². The number of benzene rings is 3. The molecule has 1 N–H and O–H groups in total. The number of hydroxylamine groups is 1. The third-order valence-electron chi connectivity index (χ3n) is 5.31. The summed E-state index contributed by atoms with van der Waals surface area (Å²) >= 11 is 5.90. The van der Waals surface area contributed by atoms with Crippen LogP contribution < -0.4 is 10.0 Å². The first-order valence-electron chi connectivity index (χ1n) is 9.69. The third-order valence-corrected chi connectivity index (χ3v) is 8.55. The molecular weight excluding hydrogens is 405 g/mol. The molecule has 3 aromatic carbocycles. The van der Waals surface area contributed by atoms with E-state index in [2.05, 4.69) is 12.1 Å². The Bertz CT molecular complexity index is 993. The fourth-order valence-electron chi connectivity index (χ4n) is 3.75. The number of hydrogen-bond donors (Lipinski definition) is 1. The van der Waals surface area contributed by atoms with Gasteiger partial charge in [0.2, 0.25) is 7.29 Å². The summed E-state index contributed by atoms with van der Waals surface area (Å²) < 4.78 is 19.7. The molecule has 1 aliphatic rings. The smallest absolute Gasteiger partial charge is 0.201 e. The summed E-state index contributed by atoms with van der Waals surface area (Å²) in [7, 11) is -3.11. The van der Waals surface area contributed by atoms with Gasteiger partial charge in [-0.3, -0.25) is 4.57 Å². The molecule has 2 unspecified atom stereocenters. The molecule has 0 bridgehead atoms. The highest BCUT2D eigenvalue weighted by atomic mass is 35.5. The first-order valence-corrected chi connectivity index (χ1v) is 11.9. The molecule has 1 fully saturated rings. The van der Waals surface area contributed by atoms with Crippen LogP contribution in [0.4, 0.5) is 0 Å². The fraction of sp³-hybridized carbons (Fsp3) is 0.217. The van der Waals surface area contributed by atoms with Crippen molar-refractivity contribution in [2.75, 3.05) is 12.7 Å². The van der Waals surface area contributed by atoms with Crippen LogP contribution in [0.2, 0.25) is 5.02 Å². The number of halogens is 1. The van der Waals surface area contributed by atoms with Gasteiger partial charge < -0.3 is 9.94 Å². The SMILES string of the molecule is O=P1(c2ccc(Oc3ccc(Cl)cc3)cc2)CC(c2ccccc2)CCCN1O. The summed E-state index contributed by atoms with van der Waals surface area (Å²) in [4.78, 5) is 1.07. The lowest BCUT2D eigenvalue weighted by atomic mass is 9.96. The largest absolute Gasteiger partial charge is 0.457 e. The number of hydrogen-bond acceptors (Lipinski definition) is 3. The van der Waals surface area contributed by atoms with Crippen LogP contribution in [0.15, 0.2) is 78.9 Å². The molecule has 1 heterocycles. The zero-order chi connectivity index (χ0) is 20.3. The maximum atomic E-state index is 13.9. The van der Waals surface area contributed by atoms with Gasteiger partial charge in [-0.2, -0.15) is 0 Å². The average molecular weight is 428 g/mol. The minimum Gasteiger partial charge on any atom is -0.457 e. The van der Waals surface area contributed by atoms with E-state index in [4.69, 9.17) is 16.3 Å². The van der Waals surface area contributed by atoms with Crippen molar-refractivity contribution in [3.8, 4) is 11.5 Å². The zero-order valence-corrected chi connectivity index (χ0v) is 17.6. The number of ether oxygens (including phenoxy) is 1. The summed E-state index contributed by atoms with van der Waals surface area (Å²) in [5.41, 5.74) is 1.17. The molecule has 4 rings (SSSR count). The average Bonchev–Trinajstić information content (AvgIpc) is 2.90. The molecule has 0 amide bonds. The zero-order valence-electron chi connectivity index (χ0n) is 15.9. The predicted octanol–water partition coefficient (Wildman–Crippen LogP) is 6.30. The van der Waals surface area contributed by atoms with E-state index >= 15 is 0 Å². The Morgan fingerprint density at radius 2 is 1.55 bits per heavy atom. The van der Waals surface area contributed by atoms with Gasteiger partial charge in [0.15, 0.2) is 0 Å². The summed E-state index contributed by atoms with van der Waals surface area (Å²) in [5, 5.41) is 11.9. The van der Waals surface area contributed by atoms with Crippen LogP contribution in [0.5, 0.6) is 11.5 Å². The van der Waals surface area contributed by atoms with Crippen molar-refractivity contribution in [2.24, 2.45) is 0 Å². The monoisotopic (exact) mass is 427 g/mol. The van der Waals surface area contributed by atoms with Gasteiger partial charge in [0, 0.05) is 23.0 Å². The number of rotatable bonds is 4. The van der Waals surface area contributed by atoms with Crippen molar-refractivity contribution in [3.05, 3.63) is 89.4 Å². The molecule has 6 heteroatoms. The van der Waals surface area contributed by atoms with Crippen molar-refractivity contribution < 1.29 is 14.5 Å². The second-order valence-electron chi connectivity index (χ2n) is 7.28. The highest BCUT2D eigenvalue weighted by Crippen LogP contribution is 2.53. The molecular formula is C23H23ClNO3P. The van der Waals surface area contributed by atoms with E-state index in [0.717, 1.165) is 17.7 Å². The van der Waals surface area contributed by atoms with Crippen molar-refractivity contribution in [1.82, 2.24) is 4.83 Å². The van der Waals surface area contributed by atoms with Crippen LogP contribution in [0, 0.1) is 0 Å². The van der Waals surface area contributed by atoms with E-state index in [1.54, 1.807) is 48.5 Å². The Morgan fingerprint density at radius 3 is 2.21 bits per heavy atom. The van der Waals surface area contributed by atoms with E-state index < -0.39 is 7.29 Å². The molecule has 0 saturated carbocycles. The molecule has 0 spiro atoms. The molecule has 0 radical (unpaired) electrons. The maximum Gasteiger partial charge on any atom is 0.201 e. The molecule has 0 aliphatic carbocycles. The first kappa shape index (κ1) is 20.2. The molecule has 4 nitrogen and oxygen atoms in total. The van der Waals surface area contributed by atoms with Crippen LogP contribution in [0.1, 0.15) is 24.3 Å². The maximum absolute atomic E-state index is 13.9. The molecule has 29 heavy (non-hydrogen) atoms. The van der Waals surface area contributed by atoms with Crippen LogP contribution >= 0.6 is 18.9 Å². The van der Waals surface area contributed by atoms with Crippen LogP contribution in [0.25, 0.3) is 0 Å². The van der Waals surface area contributed by atoms with Crippen LogP contribution in [-0.2, 0) is 4.57 Å². The highest BCUT2D eigenvalue weighted by Gasteiger charge is 2.37. The topological polar surface area (TPSA) is 49.8 Å². The predicted molar refractivity (Wildman–Crippen MR) is 117 cm³/mol. The normalized spacial score (nSPS) is 22.8. The lowest BCUT2D eigenvalue weighted by Gasteiger charge is -2.27. The van der Waals surface area contributed by atoms with E-state index in [1.807, 2.05) is 18.2 Å². The molecule has 3 aromatic rings. The summed E-state index contributed by atoms with van der Waals surface area (Å²) in [6, 6.07) is 24.4. The first-order chi connectivity index (χ1) is 14.0. The summed E-state index contributed by atoms with van der Waals surface area (Å²) in [6.07, 6.45) is 2.13.